The summed E-state index contributed by atoms with van der Waals surface area (Å²) in [6, 6.07) is 0. The second-order valence-corrected chi connectivity index (χ2v) is 2.82. The number of piperidine rings is 1. The predicted octanol–water partition coefficient (Wildman–Crippen LogP) is -0.187. The molecule has 0 aliphatic carbocycles. The van der Waals surface area contributed by atoms with Gasteiger partial charge in [0.15, 0.2) is 0 Å². The molecule has 3 nitrogen and oxygen atoms in total. The topological polar surface area (TPSA) is 46.3 Å². The number of nitrogens with two attached hydrogens (primary N) is 1. The summed E-state index contributed by atoms with van der Waals surface area (Å²) in [4.78, 5) is 12.1. The van der Waals surface area contributed by atoms with Gasteiger partial charge in [0.25, 0.3) is 0 Å². The van der Waals surface area contributed by atoms with Crippen LogP contribution in [0.1, 0.15) is 12.8 Å². The van der Waals surface area contributed by atoms with Crippen LogP contribution >= 0.6 is 0 Å². The van der Waals surface area contributed by atoms with E-state index in [0.29, 0.717) is 5.92 Å². The highest BCUT2D eigenvalue weighted by Crippen LogP contribution is 2.13. The van der Waals surface area contributed by atoms with E-state index < -0.39 is 0 Å². The van der Waals surface area contributed by atoms with Crippen LogP contribution in [0.2, 0.25) is 0 Å². The lowest BCUT2D eigenvalue weighted by Gasteiger charge is -2.27. The number of likely N-dealkylation sites (tertiary alicyclic amines) is 1. The lowest BCUT2D eigenvalue weighted by atomic mass is 9.98. The van der Waals surface area contributed by atoms with Gasteiger partial charge < -0.3 is 10.6 Å². The number of nitrogens with zero attached hydrogens (tertiary/aromatic N) is 1. The molecule has 0 unspecified atom stereocenters. The molecule has 1 aliphatic heterocycles. The molecule has 1 heterocycles. The molecule has 1 aliphatic rings. The Balaban J connectivity index is 2.23. The van der Waals surface area contributed by atoms with E-state index in [0.717, 1.165) is 38.9 Å². The summed E-state index contributed by atoms with van der Waals surface area (Å²) < 4.78 is 0. The van der Waals surface area contributed by atoms with Gasteiger partial charge in [0.1, 0.15) is 0 Å². The van der Waals surface area contributed by atoms with Crippen LogP contribution in [0.25, 0.3) is 0 Å². The summed E-state index contributed by atoms with van der Waals surface area (Å²) in [7, 11) is 0. The van der Waals surface area contributed by atoms with E-state index in [1.54, 1.807) is 0 Å². The van der Waals surface area contributed by atoms with E-state index in [1.807, 2.05) is 4.90 Å². The molecule has 0 spiro atoms. The van der Waals surface area contributed by atoms with Gasteiger partial charge in [-0.25, -0.2) is 0 Å². The number of amides is 1. The minimum atomic E-state index is 0.649. The van der Waals surface area contributed by atoms with Gasteiger partial charge in [0.05, 0.1) is 0 Å². The predicted molar refractivity (Wildman–Crippen MR) is 39.4 cm³/mol. The van der Waals surface area contributed by atoms with E-state index in [2.05, 4.69) is 0 Å². The van der Waals surface area contributed by atoms with Crippen LogP contribution in [0.15, 0.2) is 0 Å². The van der Waals surface area contributed by atoms with E-state index in [9.17, 15) is 4.79 Å². The van der Waals surface area contributed by atoms with Crippen molar-refractivity contribution in [3.05, 3.63) is 0 Å². The van der Waals surface area contributed by atoms with E-state index in [1.165, 1.54) is 0 Å². The number of carbonyl (C=O) groups is 1. The fourth-order valence-electron chi connectivity index (χ4n) is 1.29. The van der Waals surface area contributed by atoms with Crippen molar-refractivity contribution in [1.82, 2.24) is 4.90 Å². The van der Waals surface area contributed by atoms with Crippen LogP contribution in [-0.2, 0) is 4.79 Å². The Morgan fingerprint density at radius 1 is 1.50 bits per heavy atom. The van der Waals surface area contributed by atoms with Gasteiger partial charge >= 0.3 is 0 Å². The van der Waals surface area contributed by atoms with Crippen LogP contribution in [0, 0.1) is 5.92 Å². The number of hydrogen-bond donors (Lipinski definition) is 1. The second kappa shape index (κ2) is 3.56. The molecule has 0 bridgehead atoms. The minimum Gasteiger partial charge on any atom is -0.345 e. The molecule has 0 atom stereocenters. The quantitative estimate of drug-likeness (QED) is 0.543. The van der Waals surface area contributed by atoms with Crippen LogP contribution in [0.4, 0.5) is 0 Å². The number of hydrogen-bond acceptors (Lipinski definition) is 2. The summed E-state index contributed by atoms with van der Waals surface area (Å²) in [6.07, 6.45) is 3.08. The van der Waals surface area contributed by atoms with Gasteiger partial charge in [-0.1, -0.05) is 0 Å². The monoisotopic (exact) mass is 142 g/mol. The average molecular weight is 142 g/mol. The minimum absolute atomic E-state index is 0.649. The van der Waals surface area contributed by atoms with Gasteiger partial charge in [-0.15, -0.1) is 0 Å². The van der Waals surface area contributed by atoms with Crippen molar-refractivity contribution in [3.63, 3.8) is 0 Å². The highest BCUT2D eigenvalue weighted by Gasteiger charge is 2.15. The molecule has 1 rings (SSSR count). The zero-order valence-corrected chi connectivity index (χ0v) is 6.12. The third-order valence-corrected chi connectivity index (χ3v) is 2.13. The van der Waals surface area contributed by atoms with Crippen molar-refractivity contribution < 1.29 is 4.79 Å². The van der Waals surface area contributed by atoms with Crippen molar-refractivity contribution in [2.24, 2.45) is 11.7 Å². The van der Waals surface area contributed by atoms with Crippen molar-refractivity contribution in [2.75, 3.05) is 19.6 Å². The highest BCUT2D eigenvalue weighted by molar-refractivity contribution is 5.47. The van der Waals surface area contributed by atoms with Crippen molar-refractivity contribution in [2.45, 2.75) is 12.8 Å². The molecule has 58 valence electrons. The smallest absolute Gasteiger partial charge is 0.209 e. The molecule has 10 heavy (non-hydrogen) atoms. The molecule has 0 aromatic carbocycles. The zero-order valence-electron chi connectivity index (χ0n) is 6.12. The third-order valence-electron chi connectivity index (χ3n) is 2.13. The van der Waals surface area contributed by atoms with Gasteiger partial charge in [-0.2, -0.15) is 0 Å². The lowest BCUT2D eigenvalue weighted by molar-refractivity contribution is -0.119. The Morgan fingerprint density at radius 2 is 2.10 bits per heavy atom. The largest absolute Gasteiger partial charge is 0.345 e. The molecule has 2 N–H and O–H groups in total. The lowest BCUT2D eigenvalue weighted by Crippen LogP contribution is -2.34. The summed E-state index contributed by atoms with van der Waals surface area (Å²) in [5.41, 5.74) is 5.48. The molecule has 0 aromatic heterocycles. The van der Waals surface area contributed by atoms with Crippen LogP contribution in [-0.4, -0.2) is 30.9 Å². The Labute approximate surface area is 61.2 Å². The molecule has 0 aromatic rings. The van der Waals surface area contributed by atoms with Crippen molar-refractivity contribution in [3.8, 4) is 0 Å². The standard InChI is InChI=1S/C7H14N2O/c8-5-7-1-3-9(6-10)4-2-7/h6-7H,1-5,8H2. The van der Waals surface area contributed by atoms with Crippen LogP contribution < -0.4 is 5.73 Å². The zero-order chi connectivity index (χ0) is 7.40. The van der Waals surface area contributed by atoms with E-state index in [4.69, 9.17) is 5.73 Å². The Bertz CT molecular complexity index is 108. The molecule has 1 amide bonds. The molecular formula is C7H14N2O. The first kappa shape index (κ1) is 7.54. The first-order valence-electron chi connectivity index (χ1n) is 3.76. The fraction of sp³-hybridized carbons (Fsp3) is 0.857. The summed E-state index contributed by atoms with van der Waals surface area (Å²) >= 11 is 0. The van der Waals surface area contributed by atoms with Crippen LogP contribution in [0.3, 0.4) is 0 Å². The number of rotatable bonds is 2. The van der Waals surface area contributed by atoms with Gasteiger partial charge in [0, 0.05) is 13.1 Å². The normalized spacial score (nSPS) is 21.1. The first-order valence-corrected chi connectivity index (χ1v) is 3.76. The fourth-order valence-corrected chi connectivity index (χ4v) is 1.29. The molecule has 0 radical (unpaired) electrons. The third kappa shape index (κ3) is 1.70. The molecule has 1 fully saturated rings. The van der Waals surface area contributed by atoms with E-state index >= 15 is 0 Å². The van der Waals surface area contributed by atoms with Gasteiger partial charge in [-0.3, -0.25) is 4.79 Å². The second-order valence-electron chi connectivity index (χ2n) is 2.82. The maximum absolute atomic E-state index is 10.2. The van der Waals surface area contributed by atoms with Gasteiger partial charge in [-0.05, 0) is 25.3 Å². The SMILES string of the molecule is NCC1CCN(C=O)CC1. The number of carbonyl (C=O) groups excluding carboxylic acids is 1. The van der Waals surface area contributed by atoms with Crippen LogP contribution in [0.5, 0.6) is 0 Å². The van der Waals surface area contributed by atoms with E-state index in [-0.39, 0.29) is 0 Å². The summed E-state index contributed by atoms with van der Waals surface area (Å²) in [5, 5.41) is 0. The highest BCUT2D eigenvalue weighted by atomic mass is 16.1. The molecule has 3 heteroatoms. The maximum atomic E-state index is 10.2. The molecular weight excluding hydrogens is 128 g/mol. The van der Waals surface area contributed by atoms with Crippen molar-refractivity contribution in [1.29, 1.82) is 0 Å². The molecule has 1 saturated heterocycles. The summed E-state index contributed by atoms with van der Waals surface area (Å²) in [5.74, 6) is 0.649. The molecule has 0 saturated carbocycles. The Kier molecular flexibility index (Phi) is 2.68. The average Bonchev–Trinajstić information content (AvgIpc) is 2.05. The first-order chi connectivity index (χ1) is 4.86. The van der Waals surface area contributed by atoms with Crippen molar-refractivity contribution >= 4 is 6.41 Å². The summed E-state index contributed by atoms with van der Waals surface area (Å²) in [6.45, 7) is 2.56. The Hall–Kier alpha value is -0.570. The maximum Gasteiger partial charge on any atom is 0.209 e. The van der Waals surface area contributed by atoms with Gasteiger partial charge in [0.2, 0.25) is 6.41 Å². The Morgan fingerprint density at radius 3 is 2.50 bits per heavy atom.